The molecule has 0 spiro atoms. The SMILES string of the molecule is Cn1ccnc1CCC1(N)CCCC(C(C)(C)C)CC1. The molecule has 2 N–H and O–H groups in total. The van der Waals surface area contributed by atoms with E-state index in [0.29, 0.717) is 5.41 Å². The Kier molecular flexibility index (Phi) is 4.58. The van der Waals surface area contributed by atoms with E-state index in [1.54, 1.807) is 0 Å². The highest BCUT2D eigenvalue weighted by molar-refractivity contribution is 4.96. The third-order valence-corrected chi connectivity index (χ3v) is 5.21. The van der Waals surface area contributed by atoms with Gasteiger partial charge in [-0.05, 0) is 43.4 Å². The molecule has 1 fully saturated rings. The average molecular weight is 277 g/mol. The van der Waals surface area contributed by atoms with Crippen molar-refractivity contribution in [3.8, 4) is 0 Å². The van der Waals surface area contributed by atoms with Crippen molar-refractivity contribution in [2.45, 2.75) is 71.3 Å². The summed E-state index contributed by atoms with van der Waals surface area (Å²) in [5, 5.41) is 0. The third kappa shape index (κ3) is 3.85. The van der Waals surface area contributed by atoms with Crippen molar-refractivity contribution < 1.29 is 0 Å². The summed E-state index contributed by atoms with van der Waals surface area (Å²) >= 11 is 0. The maximum atomic E-state index is 6.69. The number of hydrogen-bond donors (Lipinski definition) is 1. The smallest absolute Gasteiger partial charge is 0.108 e. The molecule has 0 radical (unpaired) electrons. The van der Waals surface area contributed by atoms with Gasteiger partial charge in [0.2, 0.25) is 0 Å². The molecule has 0 amide bonds. The molecule has 2 unspecified atom stereocenters. The summed E-state index contributed by atoms with van der Waals surface area (Å²) in [5.41, 5.74) is 7.14. The van der Waals surface area contributed by atoms with Gasteiger partial charge in [-0.25, -0.2) is 4.98 Å². The van der Waals surface area contributed by atoms with E-state index in [9.17, 15) is 0 Å². The van der Waals surface area contributed by atoms with Gasteiger partial charge in [0.25, 0.3) is 0 Å². The third-order valence-electron chi connectivity index (χ3n) is 5.21. The molecular weight excluding hydrogens is 246 g/mol. The van der Waals surface area contributed by atoms with Crippen LogP contribution in [0.3, 0.4) is 0 Å². The lowest BCUT2D eigenvalue weighted by molar-refractivity contribution is 0.209. The first-order chi connectivity index (χ1) is 9.30. The van der Waals surface area contributed by atoms with E-state index in [-0.39, 0.29) is 5.54 Å². The summed E-state index contributed by atoms with van der Waals surface area (Å²) in [6.45, 7) is 7.11. The van der Waals surface area contributed by atoms with Crippen LogP contribution in [0.15, 0.2) is 12.4 Å². The standard InChI is InChI=1S/C17H31N3/c1-16(2,3)14-6-5-9-17(18,10-7-14)11-8-15-19-12-13-20(15)4/h12-14H,5-11,18H2,1-4H3. The molecule has 1 saturated carbocycles. The summed E-state index contributed by atoms with van der Waals surface area (Å²) in [4.78, 5) is 4.42. The Bertz CT molecular complexity index is 430. The first kappa shape index (κ1) is 15.6. The van der Waals surface area contributed by atoms with Crippen LogP contribution in [0.4, 0.5) is 0 Å². The van der Waals surface area contributed by atoms with Gasteiger partial charge in [-0.2, -0.15) is 0 Å². The molecule has 1 aliphatic carbocycles. The number of imidazole rings is 1. The lowest BCUT2D eigenvalue weighted by Crippen LogP contribution is -2.40. The number of aryl methyl sites for hydroxylation is 2. The van der Waals surface area contributed by atoms with Gasteiger partial charge in [-0.15, -0.1) is 0 Å². The van der Waals surface area contributed by atoms with Gasteiger partial charge in [-0.3, -0.25) is 0 Å². The number of nitrogens with two attached hydrogens (primary N) is 1. The van der Waals surface area contributed by atoms with Crippen LogP contribution < -0.4 is 5.73 Å². The Balaban J connectivity index is 1.92. The predicted octanol–water partition coefficient (Wildman–Crippen LogP) is 3.68. The minimum Gasteiger partial charge on any atom is -0.338 e. The number of hydrogen-bond acceptors (Lipinski definition) is 2. The molecule has 0 bridgehead atoms. The minimum atomic E-state index is 0.0198. The molecule has 1 aliphatic rings. The maximum absolute atomic E-state index is 6.69. The summed E-state index contributed by atoms with van der Waals surface area (Å²) in [6, 6.07) is 0. The molecule has 1 aromatic heterocycles. The van der Waals surface area contributed by atoms with Crippen LogP contribution >= 0.6 is 0 Å². The van der Waals surface area contributed by atoms with Gasteiger partial charge in [0.15, 0.2) is 0 Å². The largest absolute Gasteiger partial charge is 0.338 e. The van der Waals surface area contributed by atoms with E-state index in [4.69, 9.17) is 5.73 Å². The van der Waals surface area contributed by atoms with Crippen molar-refractivity contribution in [1.29, 1.82) is 0 Å². The van der Waals surface area contributed by atoms with Gasteiger partial charge in [0.1, 0.15) is 5.82 Å². The topological polar surface area (TPSA) is 43.8 Å². The Morgan fingerprint density at radius 3 is 2.70 bits per heavy atom. The summed E-state index contributed by atoms with van der Waals surface area (Å²) in [7, 11) is 2.06. The molecule has 1 aromatic rings. The van der Waals surface area contributed by atoms with Crippen molar-refractivity contribution in [2.24, 2.45) is 24.1 Å². The molecule has 0 aromatic carbocycles. The Hall–Kier alpha value is -0.830. The van der Waals surface area contributed by atoms with Crippen molar-refractivity contribution in [2.75, 3.05) is 0 Å². The first-order valence-corrected chi connectivity index (χ1v) is 8.05. The molecule has 2 atom stereocenters. The molecule has 3 heteroatoms. The van der Waals surface area contributed by atoms with Crippen LogP contribution in [0.5, 0.6) is 0 Å². The van der Waals surface area contributed by atoms with E-state index in [1.165, 1.54) is 32.1 Å². The zero-order valence-electron chi connectivity index (χ0n) is 13.7. The second-order valence-electron chi connectivity index (χ2n) is 7.81. The van der Waals surface area contributed by atoms with Crippen LogP contribution in [0.25, 0.3) is 0 Å². The zero-order valence-corrected chi connectivity index (χ0v) is 13.7. The van der Waals surface area contributed by atoms with Gasteiger partial charge in [-0.1, -0.05) is 27.2 Å². The monoisotopic (exact) mass is 277 g/mol. The van der Waals surface area contributed by atoms with E-state index < -0.39 is 0 Å². The van der Waals surface area contributed by atoms with Crippen LogP contribution in [0.1, 0.15) is 65.1 Å². The lowest BCUT2D eigenvalue weighted by Gasteiger charge is -2.31. The highest BCUT2D eigenvalue weighted by Gasteiger charge is 2.33. The van der Waals surface area contributed by atoms with Gasteiger partial charge in [0, 0.05) is 31.4 Å². The molecule has 2 rings (SSSR count). The molecule has 114 valence electrons. The number of aromatic nitrogens is 2. The summed E-state index contributed by atoms with van der Waals surface area (Å²) in [5.74, 6) is 1.98. The van der Waals surface area contributed by atoms with Crippen molar-refractivity contribution >= 4 is 0 Å². The molecule has 0 saturated heterocycles. The first-order valence-electron chi connectivity index (χ1n) is 8.05. The quantitative estimate of drug-likeness (QED) is 0.857. The molecule has 3 nitrogen and oxygen atoms in total. The maximum Gasteiger partial charge on any atom is 0.108 e. The summed E-state index contributed by atoms with van der Waals surface area (Å²) in [6.07, 6.45) is 12.2. The number of rotatable bonds is 3. The van der Waals surface area contributed by atoms with Crippen LogP contribution in [0.2, 0.25) is 0 Å². The zero-order chi connectivity index (χ0) is 14.8. The van der Waals surface area contributed by atoms with E-state index >= 15 is 0 Å². The van der Waals surface area contributed by atoms with E-state index in [2.05, 4.69) is 37.4 Å². The fraction of sp³-hybridized carbons (Fsp3) is 0.824. The Morgan fingerprint density at radius 1 is 1.35 bits per heavy atom. The summed E-state index contributed by atoms with van der Waals surface area (Å²) < 4.78 is 2.11. The molecular formula is C17H31N3. The highest BCUT2D eigenvalue weighted by Crippen LogP contribution is 2.40. The Morgan fingerprint density at radius 2 is 2.10 bits per heavy atom. The van der Waals surface area contributed by atoms with Crippen LogP contribution in [-0.2, 0) is 13.5 Å². The molecule has 1 heterocycles. The number of nitrogens with zero attached hydrogens (tertiary/aromatic N) is 2. The second kappa shape index (κ2) is 5.88. The fourth-order valence-electron chi connectivity index (χ4n) is 3.55. The van der Waals surface area contributed by atoms with Gasteiger partial charge >= 0.3 is 0 Å². The van der Waals surface area contributed by atoms with Gasteiger partial charge < -0.3 is 10.3 Å². The molecule has 0 aliphatic heterocycles. The Labute approximate surface area is 124 Å². The van der Waals surface area contributed by atoms with Crippen molar-refractivity contribution in [1.82, 2.24) is 9.55 Å². The molecule has 20 heavy (non-hydrogen) atoms. The fourth-order valence-corrected chi connectivity index (χ4v) is 3.55. The van der Waals surface area contributed by atoms with Gasteiger partial charge in [0.05, 0.1) is 0 Å². The lowest BCUT2D eigenvalue weighted by atomic mass is 9.76. The van der Waals surface area contributed by atoms with E-state index in [0.717, 1.165) is 24.6 Å². The van der Waals surface area contributed by atoms with Crippen LogP contribution in [-0.4, -0.2) is 15.1 Å². The highest BCUT2D eigenvalue weighted by atomic mass is 15.0. The van der Waals surface area contributed by atoms with Crippen LogP contribution in [0, 0.1) is 11.3 Å². The van der Waals surface area contributed by atoms with E-state index in [1.807, 2.05) is 12.4 Å². The average Bonchev–Trinajstić information content (AvgIpc) is 2.64. The van der Waals surface area contributed by atoms with Crippen molar-refractivity contribution in [3.05, 3.63) is 18.2 Å². The minimum absolute atomic E-state index is 0.0198. The normalized spacial score (nSPS) is 28.4. The predicted molar refractivity (Wildman–Crippen MR) is 84.5 cm³/mol. The second-order valence-corrected chi connectivity index (χ2v) is 7.81. The van der Waals surface area contributed by atoms with Crippen molar-refractivity contribution in [3.63, 3.8) is 0 Å².